The largest absolute Gasteiger partial charge is 0.494 e. The molecule has 0 spiro atoms. The van der Waals surface area contributed by atoms with Crippen molar-refractivity contribution in [1.29, 1.82) is 0 Å². The number of nitrogens with zero attached hydrogens (tertiary/aromatic N) is 4. The van der Waals surface area contributed by atoms with Crippen molar-refractivity contribution >= 4 is 44.3 Å². The minimum Gasteiger partial charge on any atom is -0.494 e. The van der Waals surface area contributed by atoms with Crippen molar-refractivity contribution in [3.8, 4) is 16.9 Å². The highest BCUT2D eigenvalue weighted by molar-refractivity contribution is 7.22. The van der Waals surface area contributed by atoms with Crippen LogP contribution in [-0.2, 0) is 4.74 Å². The number of halogens is 1. The van der Waals surface area contributed by atoms with E-state index in [1.54, 1.807) is 13.2 Å². The van der Waals surface area contributed by atoms with Gasteiger partial charge in [-0.3, -0.25) is 15.1 Å². The smallest absolute Gasteiger partial charge is 0.259 e. The van der Waals surface area contributed by atoms with E-state index < -0.39 is 0 Å². The van der Waals surface area contributed by atoms with Gasteiger partial charge in [0.25, 0.3) is 5.91 Å². The molecular weight excluding hydrogens is 462 g/mol. The molecule has 5 rings (SSSR count). The number of aromatic nitrogens is 4. The third-order valence-electron chi connectivity index (χ3n) is 5.52. The van der Waals surface area contributed by atoms with E-state index >= 15 is 0 Å². The molecule has 1 atom stereocenters. The fourth-order valence-electron chi connectivity index (χ4n) is 3.83. The number of hydrogen-bond acceptors (Lipinski definition) is 8. The molecule has 4 aromatic rings. The van der Waals surface area contributed by atoms with Gasteiger partial charge in [0.05, 0.1) is 30.2 Å². The number of ether oxygens (including phenoxy) is 2. The van der Waals surface area contributed by atoms with Crippen LogP contribution in [0.3, 0.4) is 0 Å². The number of amides is 1. The molecule has 1 aliphatic heterocycles. The topological polar surface area (TPSA) is 99.1 Å². The normalized spacial score (nSPS) is 15.7. The zero-order chi connectivity index (χ0) is 22.9. The third-order valence-corrected chi connectivity index (χ3v) is 6.63. The van der Waals surface area contributed by atoms with Gasteiger partial charge < -0.3 is 9.47 Å². The Morgan fingerprint density at radius 1 is 1.18 bits per heavy atom. The van der Waals surface area contributed by atoms with E-state index in [4.69, 9.17) is 21.1 Å². The monoisotopic (exact) mass is 481 g/mol. The SMILES string of the molecule is COc1cnc(Cl)cc1-c1cc(C)ncc1C(=O)Nc1nc2ncc(C3CCOC3)cc2s1. The zero-order valence-corrected chi connectivity index (χ0v) is 19.5. The molecule has 33 heavy (non-hydrogen) atoms. The molecule has 0 aliphatic carbocycles. The Morgan fingerprint density at radius 3 is 2.85 bits per heavy atom. The van der Waals surface area contributed by atoms with E-state index in [9.17, 15) is 4.79 Å². The summed E-state index contributed by atoms with van der Waals surface area (Å²) in [6.45, 7) is 3.33. The number of rotatable bonds is 5. The molecule has 1 fully saturated rings. The van der Waals surface area contributed by atoms with E-state index in [1.165, 1.54) is 23.7 Å². The van der Waals surface area contributed by atoms with Gasteiger partial charge in [-0.25, -0.2) is 9.97 Å². The standard InChI is InChI=1S/C23H20ClN5O3S/c1-12-5-15(16-7-20(24)26-10-18(16)31-2)17(9-25-12)22(30)29-23-28-21-19(33-23)6-14(8-27-21)13-3-4-32-11-13/h5-10,13H,3-4,11H2,1-2H3,(H,27,28,29,30). The Labute approximate surface area is 199 Å². The van der Waals surface area contributed by atoms with Crippen molar-refractivity contribution in [3.63, 3.8) is 0 Å². The molecule has 1 unspecified atom stereocenters. The van der Waals surface area contributed by atoms with Gasteiger partial charge in [0, 0.05) is 41.7 Å². The third kappa shape index (κ3) is 4.39. The fourth-order valence-corrected chi connectivity index (χ4v) is 4.85. The second-order valence-corrected chi connectivity index (χ2v) is 9.12. The summed E-state index contributed by atoms with van der Waals surface area (Å²) >= 11 is 7.51. The predicted molar refractivity (Wildman–Crippen MR) is 127 cm³/mol. The molecule has 8 nitrogen and oxygen atoms in total. The van der Waals surface area contributed by atoms with E-state index in [2.05, 4.69) is 31.3 Å². The van der Waals surface area contributed by atoms with Crippen LogP contribution in [0, 0.1) is 6.92 Å². The van der Waals surface area contributed by atoms with Crippen molar-refractivity contribution in [1.82, 2.24) is 19.9 Å². The van der Waals surface area contributed by atoms with Crippen LogP contribution in [-0.4, -0.2) is 46.2 Å². The van der Waals surface area contributed by atoms with Crippen molar-refractivity contribution < 1.29 is 14.3 Å². The lowest BCUT2D eigenvalue weighted by atomic mass is 10.0. The summed E-state index contributed by atoms with van der Waals surface area (Å²) in [4.78, 5) is 30.6. The second-order valence-electron chi connectivity index (χ2n) is 7.70. The van der Waals surface area contributed by atoms with E-state index in [0.717, 1.165) is 29.0 Å². The average molecular weight is 482 g/mol. The molecule has 0 aromatic carbocycles. The number of hydrogen-bond donors (Lipinski definition) is 1. The van der Waals surface area contributed by atoms with Gasteiger partial charge in [-0.1, -0.05) is 22.9 Å². The maximum absolute atomic E-state index is 13.2. The van der Waals surface area contributed by atoms with E-state index in [1.807, 2.05) is 19.2 Å². The maximum atomic E-state index is 13.2. The molecule has 5 heterocycles. The van der Waals surface area contributed by atoms with Gasteiger partial charge in [-0.15, -0.1) is 0 Å². The highest BCUT2D eigenvalue weighted by Gasteiger charge is 2.21. The van der Waals surface area contributed by atoms with Crippen LogP contribution in [0.4, 0.5) is 5.13 Å². The first kappa shape index (κ1) is 21.7. The minimum atomic E-state index is -0.337. The number of fused-ring (bicyclic) bond motifs is 1. The highest BCUT2D eigenvalue weighted by atomic mass is 35.5. The van der Waals surface area contributed by atoms with Crippen molar-refractivity contribution in [2.75, 3.05) is 25.6 Å². The van der Waals surface area contributed by atoms with Crippen LogP contribution in [0.15, 0.2) is 36.8 Å². The number of carbonyl (C=O) groups is 1. The first-order valence-electron chi connectivity index (χ1n) is 10.3. The summed E-state index contributed by atoms with van der Waals surface area (Å²) in [5.74, 6) is 0.521. The number of carbonyl (C=O) groups excluding carboxylic acids is 1. The number of nitrogens with one attached hydrogen (secondary N) is 1. The average Bonchev–Trinajstić information content (AvgIpc) is 3.48. The summed E-state index contributed by atoms with van der Waals surface area (Å²) in [6, 6.07) is 5.57. The molecular formula is C23H20ClN5O3S. The molecule has 0 saturated carbocycles. The summed E-state index contributed by atoms with van der Waals surface area (Å²) in [6.07, 6.45) is 5.90. The Balaban J connectivity index is 1.47. The Hall–Kier alpha value is -3.14. The summed E-state index contributed by atoms with van der Waals surface area (Å²) < 4.78 is 11.8. The molecule has 4 aromatic heterocycles. The van der Waals surface area contributed by atoms with Crippen LogP contribution < -0.4 is 10.1 Å². The lowest BCUT2D eigenvalue weighted by molar-refractivity contribution is 0.102. The van der Waals surface area contributed by atoms with Gasteiger partial charge in [-0.05, 0) is 37.1 Å². The van der Waals surface area contributed by atoms with E-state index in [-0.39, 0.29) is 5.91 Å². The first-order valence-corrected chi connectivity index (χ1v) is 11.5. The lowest BCUT2D eigenvalue weighted by Crippen LogP contribution is -2.14. The zero-order valence-electron chi connectivity index (χ0n) is 18.0. The van der Waals surface area contributed by atoms with Crippen LogP contribution in [0.25, 0.3) is 21.5 Å². The van der Waals surface area contributed by atoms with Crippen LogP contribution >= 0.6 is 22.9 Å². The Morgan fingerprint density at radius 2 is 2.06 bits per heavy atom. The highest BCUT2D eigenvalue weighted by Crippen LogP contribution is 2.35. The molecule has 1 saturated heterocycles. The van der Waals surface area contributed by atoms with Crippen LogP contribution in [0.5, 0.6) is 5.75 Å². The van der Waals surface area contributed by atoms with Crippen LogP contribution in [0.2, 0.25) is 5.15 Å². The lowest BCUT2D eigenvalue weighted by Gasteiger charge is -2.13. The minimum absolute atomic E-state index is 0.298. The van der Waals surface area contributed by atoms with Crippen molar-refractivity contribution in [2.45, 2.75) is 19.3 Å². The number of methoxy groups -OCH3 is 1. The molecule has 0 radical (unpaired) electrons. The van der Waals surface area contributed by atoms with E-state index in [0.29, 0.717) is 50.9 Å². The quantitative estimate of drug-likeness (QED) is 0.406. The fraction of sp³-hybridized carbons (Fsp3) is 0.261. The summed E-state index contributed by atoms with van der Waals surface area (Å²) in [7, 11) is 1.54. The van der Waals surface area contributed by atoms with Gasteiger partial charge in [0.2, 0.25) is 0 Å². The number of pyridine rings is 3. The number of anilines is 1. The molecule has 0 bridgehead atoms. The van der Waals surface area contributed by atoms with Gasteiger partial charge in [-0.2, -0.15) is 4.98 Å². The molecule has 168 valence electrons. The van der Waals surface area contributed by atoms with Gasteiger partial charge in [0.1, 0.15) is 10.9 Å². The predicted octanol–water partition coefficient (Wildman–Crippen LogP) is 4.87. The number of aryl methyl sites for hydroxylation is 1. The second kappa shape index (κ2) is 9.01. The Kier molecular flexibility index (Phi) is 5.92. The summed E-state index contributed by atoms with van der Waals surface area (Å²) in [5.41, 5.74) is 4.16. The molecule has 1 amide bonds. The maximum Gasteiger partial charge on any atom is 0.259 e. The van der Waals surface area contributed by atoms with Crippen molar-refractivity contribution in [2.24, 2.45) is 0 Å². The molecule has 10 heteroatoms. The van der Waals surface area contributed by atoms with Gasteiger partial charge >= 0.3 is 0 Å². The summed E-state index contributed by atoms with van der Waals surface area (Å²) in [5, 5.41) is 3.66. The van der Waals surface area contributed by atoms with Crippen LogP contribution in [0.1, 0.15) is 34.0 Å². The first-order chi connectivity index (χ1) is 16.0. The Bertz CT molecular complexity index is 1350. The molecule has 1 N–H and O–H groups in total. The molecule has 1 aliphatic rings. The van der Waals surface area contributed by atoms with Gasteiger partial charge in [0.15, 0.2) is 10.8 Å². The number of thiazole rings is 1. The van der Waals surface area contributed by atoms with Crippen molar-refractivity contribution in [3.05, 3.63) is 58.8 Å².